The summed E-state index contributed by atoms with van der Waals surface area (Å²) in [4.78, 5) is 32.1. The minimum Gasteiger partial charge on any atom is -0.493 e. The van der Waals surface area contributed by atoms with Gasteiger partial charge in [-0.15, -0.1) is 0 Å². The lowest BCUT2D eigenvalue weighted by Crippen LogP contribution is -2.60. The maximum absolute atomic E-state index is 15.2. The van der Waals surface area contributed by atoms with E-state index in [-0.39, 0.29) is 26.2 Å². The molecule has 266 valence electrons. The molecular weight excluding hydrogens is 734 g/mol. The second kappa shape index (κ2) is 14.8. The van der Waals surface area contributed by atoms with Gasteiger partial charge in [-0.05, 0) is 61.5 Å². The van der Waals surface area contributed by atoms with Gasteiger partial charge in [-0.25, -0.2) is 17.5 Å². The third kappa shape index (κ3) is 7.05. The molecule has 0 bridgehead atoms. The van der Waals surface area contributed by atoms with Gasteiger partial charge in [-0.3, -0.25) is 14.7 Å². The SMILES string of the molecule is CCOc1ccccc1C1(N2CCN(c3ccncc3)CC2)C(=O)N(S(=O)(=O)c2ccc(Cl)cc2Cl)c2ccc(C#N)cc21.O=C(O)C(F)(F)F. The number of halogens is 5. The Kier molecular flexibility index (Phi) is 10.8. The van der Waals surface area contributed by atoms with Crippen molar-refractivity contribution in [1.29, 1.82) is 5.26 Å². The topological polar surface area (TPSA) is 144 Å². The second-order valence-electron chi connectivity index (χ2n) is 11.1. The molecule has 1 N–H and O–H groups in total. The molecule has 51 heavy (non-hydrogen) atoms. The normalized spacial score (nSPS) is 17.6. The highest BCUT2D eigenvalue weighted by Gasteiger charge is 2.60. The van der Waals surface area contributed by atoms with Crippen LogP contribution < -0.4 is 13.9 Å². The minimum absolute atomic E-state index is 0.112. The molecule has 4 aromatic rings. The lowest BCUT2D eigenvalue weighted by Gasteiger charge is -2.46. The predicted molar refractivity (Wildman–Crippen MR) is 182 cm³/mol. The molecule has 3 aromatic carbocycles. The van der Waals surface area contributed by atoms with Crippen LogP contribution >= 0.6 is 23.2 Å². The molecule has 1 aromatic heterocycles. The molecule has 1 saturated heterocycles. The first-order chi connectivity index (χ1) is 24.2. The van der Waals surface area contributed by atoms with Gasteiger partial charge in [-0.2, -0.15) is 18.4 Å². The number of aliphatic carboxylic acids is 1. The number of pyridine rings is 1. The zero-order valence-corrected chi connectivity index (χ0v) is 29.0. The Labute approximate surface area is 301 Å². The largest absolute Gasteiger partial charge is 0.493 e. The zero-order chi connectivity index (χ0) is 37.1. The quantitative estimate of drug-likeness (QED) is 0.235. The number of carboxylic acid groups (broad SMARTS) is 1. The lowest BCUT2D eigenvalue weighted by molar-refractivity contribution is -0.192. The minimum atomic E-state index is -5.08. The molecular formula is C34H28Cl2F3N5O6S. The summed E-state index contributed by atoms with van der Waals surface area (Å²) in [6.45, 7) is 4.08. The molecule has 2 aliphatic heterocycles. The standard InChI is InChI=1S/C32H27Cl2N5O4S.C2HF3O2/c1-2-43-29-6-4-3-5-25(29)32(38-17-15-37(16-18-38)24-11-13-36-14-12-24)26-19-22(21-35)7-9-28(26)39(31(32)40)44(41,42)30-10-8-23(33)20-27(30)34;3-2(4,5)1(6)7/h3-14,19-20H,2,15-18H2,1H3;(H,6,7). The third-order valence-corrected chi connectivity index (χ3v) is 10.7. The molecule has 1 atom stereocenters. The summed E-state index contributed by atoms with van der Waals surface area (Å²) < 4.78 is 67.4. The van der Waals surface area contributed by atoms with Crippen molar-refractivity contribution in [2.24, 2.45) is 0 Å². The second-order valence-corrected chi connectivity index (χ2v) is 13.7. The lowest BCUT2D eigenvalue weighted by atomic mass is 9.80. The van der Waals surface area contributed by atoms with Crippen molar-refractivity contribution in [3.8, 4) is 11.8 Å². The van der Waals surface area contributed by atoms with Crippen LogP contribution in [-0.2, 0) is 25.2 Å². The monoisotopic (exact) mass is 761 g/mol. The van der Waals surface area contributed by atoms with Crippen LogP contribution in [0.25, 0.3) is 0 Å². The van der Waals surface area contributed by atoms with Crippen LogP contribution in [0.1, 0.15) is 23.6 Å². The summed E-state index contributed by atoms with van der Waals surface area (Å²) in [6, 6.07) is 21.8. The molecule has 3 heterocycles. The molecule has 1 fully saturated rings. The Morgan fingerprint density at radius 2 is 1.65 bits per heavy atom. The number of hydrogen-bond acceptors (Lipinski definition) is 9. The number of ether oxygens (including phenoxy) is 1. The van der Waals surface area contributed by atoms with Crippen molar-refractivity contribution in [2.75, 3.05) is 42.0 Å². The number of carbonyl (C=O) groups is 2. The molecule has 11 nitrogen and oxygen atoms in total. The molecule has 6 rings (SSSR count). The van der Waals surface area contributed by atoms with Gasteiger partial charge in [0.05, 0.1) is 28.9 Å². The summed E-state index contributed by atoms with van der Waals surface area (Å²) in [7, 11) is -4.54. The van der Waals surface area contributed by atoms with Gasteiger partial charge in [0.2, 0.25) is 0 Å². The van der Waals surface area contributed by atoms with E-state index in [0.717, 1.165) is 9.99 Å². The molecule has 17 heteroatoms. The summed E-state index contributed by atoms with van der Waals surface area (Å²) in [6.07, 6.45) is -1.63. The fraction of sp³-hybridized carbons (Fsp3) is 0.235. The number of anilines is 2. The number of aromatic nitrogens is 1. The average molecular weight is 763 g/mol. The summed E-state index contributed by atoms with van der Waals surface area (Å²) in [5, 5.41) is 17.2. The molecule has 1 amide bonds. The van der Waals surface area contributed by atoms with Crippen LogP contribution in [0.5, 0.6) is 5.75 Å². The summed E-state index contributed by atoms with van der Waals surface area (Å²) in [5.41, 5.74) is 0.650. The Morgan fingerprint density at radius 3 is 2.24 bits per heavy atom. The molecule has 2 aliphatic rings. The highest BCUT2D eigenvalue weighted by molar-refractivity contribution is 7.93. The number of hydrogen-bond donors (Lipinski definition) is 1. The first-order valence-electron chi connectivity index (χ1n) is 15.2. The number of carbonyl (C=O) groups excluding carboxylic acids is 1. The number of carboxylic acids is 1. The average Bonchev–Trinajstić information content (AvgIpc) is 3.37. The first kappa shape index (κ1) is 37.4. The fourth-order valence-electron chi connectivity index (χ4n) is 6.10. The maximum Gasteiger partial charge on any atom is 0.490 e. The van der Waals surface area contributed by atoms with Crippen molar-refractivity contribution >= 4 is 56.5 Å². The Hall–Kier alpha value is -4.88. The number of sulfonamides is 1. The number of rotatable bonds is 7. The van der Waals surface area contributed by atoms with E-state index in [4.69, 9.17) is 37.8 Å². The van der Waals surface area contributed by atoms with E-state index in [0.29, 0.717) is 49.7 Å². The van der Waals surface area contributed by atoms with E-state index < -0.39 is 33.6 Å². The van der Waals surface area contributed by atoms with Crippen LogP contribution in [0.2, 0.25) is 10.0 Å². The first-order valence-corrected chi connectivity index (χ1v) is 17.4. The predicted octanol–water partition coefficient (Wildman–Crippen LogP) is 6.09. The third-order valence-electron chi connectivity index (χ3n) is 8.24. The van der Waals surface area contributed by atoms with E-state index in [1.54, 1.807) is 42.7 Å². The van der Waals surface area contributed by atoms with Crippen molar-refractivity contribution in [3.05, 3.63) is 112 Å². The van der Waals surface area contributed by atoms with Crippen LogP contribution in [0.4, 0.5) is 24.5 Å². The Morgan fingerprint density at radius 1 is 1.00 bits per heavy atom. The van der Waals surface area contributed by atoms with E-state index in [1.807, 2.05) is 24.0 Å². The highest BCUT2D eigenvalue weighted by Crippen LogP contribution is 2.53. The zero-order valence-electron chi connectivity index (χ0n) is 26.6. The summed E-state index contributed by atoms with van der Waals surface area (Å²) in [5.74, 6) is -3.03. The Bertz CT molecular complexity index is 2110. The van der Waals surface area contributed by atoms with Crippen LogP contribution in [0, 0.1) is 11.3 Å². The van der Waals surface area contributed by atoms with Crippen LogP contribution in [-0.4, -0.2) is 74.2 Å². The number of nitriles is 1. The number of nitrogens with zero attached hydrogens (tertiary/aromatic N) is 5. The van der Waals surface area contributed by atoms with E-state index in [1.165, 1.54) is 30.3 Å². The van der Waals surface area contributed by atoms with Gasteiger partial charge >= 0.3 is 12.1 Å². The fourth-order valence-corrected chi connectivity index (χ4v) is 8.32. The van der Waals surface area contributed by atoms with E-state index in [9.17, 15) is 26.9 Å². The van der Waals surface area contributed by atoms with Gasteiger partial charge in [0.1, 0.15) is 10.6 Å². The van der Waals surface area contributed by atoms with E-state index >= 15 is 4.79 Å². The van der Waals surface area contributed by atoms with Gasteiger partial charge in [0, 0.05) is 60.4 Å². The van der Waals surface area contributed by atoms with Crippen molar-refractivity contribution in [2.45, 2.75) is 23.5 Å². The molecule has 1 unspecified atom stereocenters. The maximum atomic E-state index is 15.2. The van der Waals surface area contributed by atoms with Crippen molar-refractivity contribution < 1.29 is 41.0 Å². The van der Waals surface area contributed by atoms with Crippen LogP contribution in [0.15, 0.2) is 90.1 Å². The summed E-state index contributed by atoms with van der Waals surface area (Å²) >= 11 is 12.5. The van der Waals surface area contributed by atoms with Crippen LogP contribution in [0.3, 0.4) is 0 Å². The highest BCUT2D eigenvalue weighted by atomic mass is 35.5. The van der Waals surface area contributed by atoms with Crippen molar-refractivity contribution in [3.63, 3.8) is 0 Å². The molecule has 0 aliphatic carbocycles. The number of fused-ring (bicyclic) bond motifs is 1. The number of para-hydroxylation sites is 1. The smallest absolute Gasteiger partial charge is 0.490 e. The number of alkyl halides is 3. The van der Waals surface area contributed by atoms with Gasteiger partial charge in [0.15, 0.2) is 5.54 Å². The molecule has 0 spiro atoms. The van der Waals surface area contributed by atoms with Gasteiger partial charge in [-0.1, -0.05) is 41.4 Å². The Balaban J connectivity index is 0.000000654. The number of amides is 1. The molecule has 0 saturated carbocycles. The number of piperazine rings is 1. The van der Waals surface area contributed by atoms with E-state index in [2.05, 4.69) is 16.0 Å². The van der Waals surface area contributed by atoms with Gasteiger partial charge in [0.25, 0.3) is 15.9 Å². The van der Waals surface area contributed by atoms with Gasteiger partial charge < -0.3 is 14.7 Å². The molecule has 0 radical (unpaired) electrons. The number of benzene rings is 3. The van der Waals surface area contributed by atoms with Crippen molar-refractivity contribution in [1.82, 2.24) is 9.88 Å².